The molecule has 0 aliphatic carbocycles. The topological polar surface area (TPSA) is 76.3 Å². The quantitative estimate of drug-likeness (QED) is 0.340. The van der Waals surface area contributed by atoms with Crippen molar-refractivity contribution in [3.8, 4) is 11.5 Å². The number of nitrogens with one attached hydrogen (secondary N) is 1. The average molecular weight is 528 g/mol. The highest BCUT2D eigenvalue weighted by Crippen LogP contribution is 2.40. The van der Waals surface area contributed by atoms with E-state index in [1.54, 1.807) is 44.4 Å². The largest absolute Gasteiger partial charge is 0.493 e. The van der Waals surface area contributed by atoms with Crippen LogP contribution in [0.25, 0.3) is 11.0 Å². The highest BCUT2D eigenvalue weighted by atomic mass is 19.1. The van der Waals surface area contributed by atoms with Crippen LogP contribution in [0.3, 0.4) is 0 Å². The molecule has 1 N–H and O–H groups in total. The van der Waals surface area contributed by atoms with Gasteiger partial charge in [0.15, 0.2) is 11.5 Å². The minimum Gasteiger partial charge on any atom is -0.493 e. The molecule has 200 valence electrons. The molecule has 0 saturated carbocycles. The van der Waals surface area contributed by atoms with Crippen LogP contribution in [0.5, 0.6) is 11.5 Å². The zero-order chi connectivity index (χ0) is 27.1. The van der Waals surface area contributed by atoms with Crippen LogP contribution in [0.4, 0.5) is 21.5 Å². The summed E-state index contributed by atoms with van der Waals surface area (Å²) in [5.41, 5.74) is 6.25. The van der Waals surface area contributed by atoms with Gasteiger partial charge in [-0.1, -0.05) is 6.07 Å². The molecule has 3 aromatic carbocycles. The minimum atomic E-state index is -0.396. The van der Waals surface area contributed by atoms with Gasteiger partial charge in [0.2, 0.25) is 5.55 Å². The van der Waals surface area contributed by atoms with Crippen molar-refractivity contribution in [2.24, 2.45) is 4.99 Å². The minimum absolute atomic E-state index is 0.132. The van der Waals surface area contributed by atoms with E-state index in [-0.39, 0.29) is 16.9 Å². The lowest BCUT2D eigenvalue weighted by atomic mass is 9.90. The third-order valence-corrected chi connectivity index (χ3v) is 7.50. The second kappa shape index (κ2) is 10.1. The molecular weight excluding hydrogens is 497 g/mol. The van der Waals surface area contributed by atoms with Crippen LogP contribution >= 0.6 is 0 Å². The highest BCUT2D eigenvalue weighted by Gasteiger charge is 2.27. The number of aryl methyl sites for hydroxylation is 3. The summed E-state index contributed by atoms with van der Waals surface area (Å²) in [6.07, 6.45) is 4.04. The van der Waals surface area contributed by atoms with Crippen LogP contribution in [0.2, 0.25) is 0 Å². The summed E-state index contributed by atoms with van der Waals surface area (Å²) in [4.78, 5) is 20.7. The SMILES string of the molecule is COc1ccc(NC(=O)c2cc3cc4c5c(c3oc2=Nc2ccc(C)c(F)c2)CCCN5CCC4)cc1OC. The number of amides is 1. The van der Waals surface area contributed by atoms with Crippen molar-refractivity contribution in [1.82, 2.24) is 0 Å². The van der Waals surface area contributed by atoms with E-state index in [0.29, 0.717) is 28.4 Å². The molecule has 4 aromatic rings. The van der Waals surface area contributed by atoms with Gasteiger partial charge in [-0.2, -0.15) is 0 Å². The first-order chi connectivity index (χ1) is 18.9. The van der Waals surface area contributed by atoms with Gasteiger partial charge in [-0.15, -0.1) is 0 Å². The molecule has 1 amide bonds. The van der Waals surface area contributed by atoms with Crippen LogP contribution in [0.15, 0.2) is 57.9 Å². The third kappa shape index (κ3) is 4.60. The molecule has 7 nitrogen and oxygen atoms in total. The summed E-state index contributed by atoms with van der Waals surface area (Å²) in [6.45, 7) is 3.77. The number of hydrogen-bond donors (Lipinski definition) is 1. The molecule has 0 bridgehead atoms. The lowest BCUT2D eigenvalue weighted by Gasteiger charge is -2.37. The molecule has 2 aliphatic rings. The Bertz CT molecular complexity index is 1680. The van der Waals surface area contributed by atoms with Crippen LogP contribution in [-0.4, -0.2) is 33.2 Å². The fourth-order valence-electron chi connectivity index (χ4n) is 5.58. The van der Waals surface area contributed by atoms with Crippen molar-refractivity contribution < 1.29 is 23.1 Å². The number of carbonyl (C=O) groups excluding carboxylic acids is 1. The molecule has 1 aromatic heterocycles. The van der Waals surface area contributed by atoms with E-state index in [0.717, 1.165) is 55.3 Å². The molecule has 0 saturated heterocycles. The summed E-state index contributed by atoms with van der Waals surface area (Å²) in [6, 6.07) is 13.9. The molecule has 0 unspecified atom stereocenters. The first kappa shape index (κ1) is 25.0. The van der Waals surface area contributed by atoms with Crippen LogP contribution < -0.4 is 25.2 Å². The normalized spacial score (nSPS) is 14.8. The standard InChI is InChI=1S/C31H30FN3O4/c1-18-8-9-21(16-25(18)32)34-31-24(30(36)33-22-10-11-26(37-2)27(17-22)38-3)15-20-14-19-6-4-12-35-13-5-7-23(28(19)35)29(20)39-31/h8-11,14-17H,4-7,12-13H2,1-3H3,(H,33,36). The number of fused-ring (bicyclic) bond motifs is 2. The number of hydrogen-bond acceptors (Lipinski definition) is 6. The summed E-state index contributed by atoms with van der Waals surface area (Å²) in [5.74, 6) is 0.287. The zero-order valence-electron chi connectivity index (χ0n) is 22.3. The van der Waals surface area contributed by atoms with Crippen molar-refractivity contribution in [1.29, 1.82) is 0 Å². The van der Waals surface area contributed by atoms with E-state index in [4.69, 9.17) is 13.9 Å². The molecule has 0 radical (unpaired) electrons. The zero-order valence-corrected chi connectivity index (χ0v) is 22.3. The van der Waals surface area contributed by atoms with E-state index < -0.39 is 5.91 Å². The highest BCUT2D eigenvalue weighted by molar-refractivity contribution is 6.06. The van der Waals surface area contributed by atoms with Crippen molar-refractivity contribution in [2.45, 2.75) is 32.6 Å². The Morgan fingerprint density at radius 3 is 2.56 bits per heavy atom. The number of methoxy groups -OCH3 is 2. The number of halogens is 1. The Morgan fingerprint density at radius 2 is 1.79 bits per heavy atom. The first-order valence-electron chi connectivity index (χ1n) is 13.2. The van der Waals surface area contributed by atoms with Gasteiger partial charge in [0, 0.05) is 41.5 Å². The Kier molecular flexibility index (Phi) is 6.46. The third-order valence-electron chi connectivity index (χ3n) is 7.50. The van der Waals surface area contributed by atoms with E-state index in [2.05, 4.69) is 21.3 Å². The predicted octanol–water partition coefficient (Wildman–Crippen LogP) is 6.08. The molecule has 0 spiro atoms. The average Bonchev–Trinajstić information content (AvgIpc) is 2.95. The molecule has 8 heteroatoms. The van der Waals surface area contributed by atoms with Crippen molar-refractivity contribution >= 4 is 33.9 Å². The molecule has 2 aliphatic heterocycles. The number of benzene rings is 3. The van der Waals surface area contributed by atoms with Crippen molar-refractivity contribution in [3.05, 3.63) is 82.2 Å². The summed E-state index contributed by atoms with van der Waals surface area (Å²) < 4.78 is 31.5. The van der Waals surface area contributed by atoms with Gasteiger partial charge >= 0.3 is 0 Å². The van der Waals surface area contributed by atoms with Gasteiger partial charge in [-0.25, -0.2) is 9.38 Å². The lowest BCUT2D eigenvalue weighted by Crippen LogP contribution is -2.34. The Balaban J connectivity index is 1.52. The second-order valence-electron chi connectivity index (χ2n) is 10.0. The van der Waals surface area contributed by atoms with Gasteiger partial charge in [0.25, 0.3) is 5.91 Å². The van der Waals surface area contributed by atoms with Crippen LogP contribution in [0.1, 0.15) is 39.9 Å². The van der Waals surface area contributed by atoms with Gasteiger partial charge in [0.1, 0.15) is 17.0 Å². The number of rotatable bonds is 5. The van der Waals surface area contributed by atoms with Gasteiger partial charge < -0.3 is 24.1 Å². The second-order valence-corrected chi connectivity index (χ2v) is 10.0. The van der Waals surface area contributed by atoms with Gasteiger partial charge in [-0.05, 0) is 80.1 Å². The Hall–Kier alpha value is -4.33. The number of nitrogens with zero attached hydrogens (tertiary/aromatic N) is 2. The number of carbonyl (C=O) groups is 1. The molecule has 39 heavy (non-hydrogen) atoms. The molecule has 3 heterocycles. The molecule has 6 rings (SSSR count). The van der Waals surface area contributed by atoms with E-state index >= 15 is 0 Å². The van der Waals surface area contributed by atoms with E-state index in [1.165, 1.54) is 24.4 Å². The Morgan fingerprint density at radius 1 is 1.00 bits per heavy atom. The molecule has 0 fully saturated rings. The fraction of sp³-hybridized carbons (Fsp3) is 0.290. The number of ether oxygens (including phenoxy) is 2. The fourth-order valence-corrected chi connectivity index (χ4v) is 5.58. The monoisotopic (exact) mass is 527 g/mol. The smallest absolute Gasteiger partial charge is 0.261 e. The van der Waals surface area contributed by atoms with Crippen molar-refractivity contribution in [3.63, 3.8) is 0 Å². The van der Waals surface area contributed by atoms with Crippen LogP contribution in [0, 0.1) is 12.7 Å². The van der Waals surface area contributed by atoms with E-state index in [9.17, 15) is 9.18 Å². The summed E-state index contributed by atoms with van der Waals surface area (Å²) >= 11 is 0. The molecule has 0 atom stereocenters. The predicted molar refractivity (Wildman–Crippen MR) is 149 cm³/mol. The van der Waals surface area contributed by atoms with Crippen molar-refractivity contribution in [2.75, 3.05) is 37.5 Å². The molecular formula is C31H30FN3O4. The van der Waals surface area contributed by atoms with E-state index in [1.807, 2.05) is 6.07 Å². The Labute approximate surface area is 225 Å². The summed E-state index contributed by atoms with van der Waals surface area (Å²) in [5, 5.41) is 3.79. The van der Waals surface area contributed by atoms with Gasteiger partial charge in [0.05, 0.1) is 19.9 Å². The summed E-state index contributed by atoms with van der Waals surface area (Å²) in [7, 11) is 3.09. The lowest BCUT2D eigenvalue weighted by molar-refractivity contribution is 0.102. The van der Waals surface area contributed by atoms with Crippen LogP contribution in [-0.2, 0) is 12.8 Å². The van der Waals surface area contributed by atoms with Gasteiger partial charge in [-0.3, -0.25) is 4.79 Å². The maximum atomic E-state index is 14.4. The maximum absolute atomic E-state index is 14.4. The first-order valence-corrected chi connectivity index (χ1v) is 13.2. The number of anilines is 2. The maximum Gasteiger partial charge on any atom is 0.261 e.